The average Bonchev–Trinajstić information content (AvgIpc) is 2.73. The number of hydrogen-bond donors (Lipinski definition) is 2. The third-order valence-electron chi connectivity index (χ3n) is 2.77. The molecule has 1 aliphatic rings. The van der Waals surface area contributed by atoms with Gasteiger partial charge >= 0.3 is 0 Å². The molecule has 0 saturated carbocycles. The SMILES string of the molecule is NCCCCC(O)c1nc2c(o1)CCC=C2. The maximum absolute atomic E-state index is 9.88. The summed E-state index contributed by atoms with van der Waals surface area (Å²) < 4.78 is 5.55. The number of unbranched alkanes of at least 4 members (excludes halogenated alkanes) is 1. The largest absolute Gasteiger partial charge is 0.442 e. The van der Waals surface area contributed by atoms with Crippen LogP contribution in [0.5, 0.6) is 0 Å². The summed E-state index contributed by atoms with van der Waals surface area (Å²) >= 11 is 0. The Hall–Kier alpha value is -1.13. The van der Waals surface area contributed by atoms with E-state index >= 15 is 0 Å². The van der Waals surface area contributed by atoms with Crippen LogP contribution in [0, 0.1) is 0 Å². The van der Waals surface area contributed by atoms with E-state index in [1.807, 2.05) is 6.08 Å². The summed E-state index contributed by atoms with van der Waals surface area (Å²) in [6, 6.07) is 0. The van der Waals surface area contributed by atoms with E-state index in [4.69, 9.17) is 10.2 Å². The molecular formula is C12H18N2O2. The second-order valence-electron chi connectivity index (χ2n) is 4.10. The lowest BCUT2D eigenvalue weighted by Crippen LogP contribution is -2.02. The van der Waals surface area contributed by atoms with Gasteiger partial charge in [0, 0.05) is 6.42 Å². The van der Waals surface area contributed by atoms with Crippen molar-refractivity contribution in [3.8, 4) is 0 Å². The minimum atomic E-state index is -0.592. The van der Waals surface area contributed by atoms with Gasteiger partial charge in [0.05, 0.1) is 0 Å². The number of rotatable bonds is 5. The number of aromatic nitrogens is 1. The molecule has 1 heterocycles. The van der Waals surface area contributed by atoms with Gasteiger partial charge in [-0.1, -0.05) is 6.08 Å². The van der Waals surface area contributed by atoms with Crippen LogP contribution in [-0.4, -0.2) is 16.6 Å². The van der Waals surface area contributed by atoms with E-state index in [2.05, 4.69) is 11.1 Å². The highest BCUT2D eigenvalue weighted by molar-refractivity contribution is 5.49. The number of fused-ring (bicyclic) bond motifs is 1. The molecule has 3 N–H and O–H groups in total. The first kappa shape index (κ1) is 11.4. The molecule has 0 radical (unpaired) electrons. The van der Waals surface area contributed by atoms with Crippen molar-refractivity contribution >= 4 is 6.08 Å². The maximum Gasteiger partial charge on any atom is 0.223 e. The molecule has 88 valence electrons. The number of aliphatic hydroxyl groups excluding tert-OH is 1. The number of oxazole rings is 1. The van der Waals surface area contributed by atoms with Crippen molar-refractivity contribution < 1.29 is 9.52 Å². The molecule has 1 unspecified atom stereocenters. The van der Waals surface area contributed by atoms with Crippen molar-refractivity contribution in [3.63, 3.8) is 0 Å². The predicted octanol–water partition coefficient (Wildman–Crippen LogP) is 1.80. The van der Waals surface area contributed by atoms with Crippen LogP contribution in [0.3, 0.4) is 0 Å². The molecule has 4 nitrogen and oxygen atoms in total. The van der Waals surface area contributed by atoms with Gasteiger partial charge in [0.2, 0.25) is 5.89 Å². The van der Waals surface area contributed by atoms with Crippen molar-refractivity contribution in [2.75, 3.05) is 6.54 Å². The van der Waals surface area contributed by atoms with E-state index in [1.54, 1.807) is 0 Å². The van der Waals surface area contributed by atoms with E-state index in [0.29, 0.717) is 18.9 Å². The molecule has 0 fully saturated rings. The average molecular weight is 222 g/mol. The molecule has 1 aromatic heterocycles. The van der Waals surface area contributed by atoms with Gasteiger partial charge in [-0.3, -0.25) is 0 Å². The molecule has 1 aromatic rings. The lowest BCUT2D eigenvalue weighted by atomic mass is 10.1. The molecule has 0 amide bonds. The zero-order valence-corrected chi connectivity index (χ0v) is 9.35. The third-order valence-corrected chi connectivity index (χ3v) is 2.77. The van der Waals surface area contributed by atoms with Crippen LogP contribution in [0.25, 0.3) is 6.08 Å². The summed E-state index contributed by atoms with van der Waals surface area (Å²) in [5.74, 6) is 1.35. The molecule has 0 aliphatic heterocycles. The van der Waals surface area contributed by atoms with Crippen LogP contribution < -0.4 is 5.73 Å². The van der Waals surface area contributed by atoms with Gasteiger partial charge < -0.3 is 15.3 Å². The van der Waals surface area contributed by atoms with Gasteiger partial charge in [0.15, 0.2) is 0 Å². The second kappa shape index (κ2) is 5.27. The lowest BCUT2D eigenvalue weighted by molar-refractivity contribution is 0.129. The van der Waals surface area contributed by atoms with E-state index in [-0.39, 0.29) is 0 Å². The first-order valence-electron chi connectivity index (χ1n) is 5.85. The van der Waals surface area contributed by atoms with Crippen molar-refractivity contribution in [1.82, 2.24) is 4.98 Å². The Morgan fingerprint density at radius 1 is 1.50 bits per heavy atom. The Morgan fingerprint density at radius 2 is 2.38 bits per heavy atom. The van der Waals surface area contributed by atoms with E-state index in [1.165, 1.54) is 0 Å². The highest BCUT2D eigenvalue weighted by Crippen LogP contribution is 2.25. The van der Waals surface area contributed by atoms with Crippen LogP contribution in [0.2, 0.25) is 0 Å². The fourth-order valence-corrected chi connectivity index (χ4v) is 1.85. The number of hydrogen-bond acceptors (Lipinski definition) is 4. The third kappa shape index (κ3) is 2.51. The quantitative estimate of drug-likeness (QED) is 0.745. The first-order valence-corrected chi connectivity index (χ1v) is 5.85. The Balaban J connectivity index is 1.98. The molecule has 4 heteroatoms. The van der Waals surface area contributed by atoms with Crippen molar-refractivity contribution in [1.29, 1.82) is 0 Å². The predicted molar refractivity (Wildman–Crippen MR) is 61.7 cm³/mol. The van der Waals surface area contributed by atoms with Crippen LogP contribution in [0.4, 0.5) is 0 Å². The maximum atomic E-state index is 9.88. The molecule has 1 aliphatic carbocycles. The molecular weight excluding hydrogens is 204 g/mol. The smallest absolute Gasteiger partial charge is 0.223 e. The summed E-state index contributed by atoms with van der Waals surface area (Å²) in [4.78, 5) is 4.29. The van der Waals surface area contributed by atoms with Gasteiger partial charge in [-0.25, -0.2) is 4.98 Å². The van der Waals surface area contributed by atoms with Gasteiger partial charge in [0.25, 0.3) is 0 Å². The Morgan fingerprint density at radius 3 is 3.12 bits per heavy atom. The van der Waals surface area contributed by atoms with E-state index < -0.39 is 6.10 Å². The Labute approximate surface area is 95.2 Å². The summed E-state index contributed by atoms with van der Waals surface area (Å²) in [5.41, 5.74) is 6.28. The van der Waals surface area contributed by atoms with Gasteiger partial charge in [-0.2, -0.15) is 0 Å². The zero-order valence-electron chi connectivity index (χ0n) is 9.35. The molecule has 0 bridgehead atoms. The number of nitrogens with zero attached hydrogens (tertiary/aromatic N) is 1. The van der Waals surface area contributed by atoms with Crippen LogP contribution >= 0.6 is 0 Å². The van der Waals surface area contributed by atoms with Gasteiger partial charge in [0.1, 0.15) is 17.6 Å². The molecule has 2 rings (SSSR count). The van der Waals surface area contributed by atoms with Gasteiger partial charge in [-0.15, -0.1) is 0 Å². The molecule has 0 saturated heterocycles. The highest BCUT2D eigenvalue weighted by atomic mass is 16.4. The molecule has 0 spiro atoms. The van der Waals surface area contributed by atoms with Crippen LogP contribution in [0.15, 0.2) is 10.5 Å². The monoisotopic (exact) mass is 222 g/mol. The normalized spacial score (nSPS) is 16.1. The van der Waals surface area contributed by atoms with Crippen LogP contribution in [0.1, 0.15) is 49.1 Å². The summed E-state index contributed by atoms with van der Waals surface area (Å²) in [6.45, 7) is 0.664. The summed E-state index contributed by atoms with van der Waals surface area (Å²) in [5, 5.41) is 9.88. The van der Waals surface area contributed by atoms with Crippen molar-refractivity contribution in [2.24, 2.45) is 5.73 Å². The topological polar surface area (TPSA) is 72.3 Å². The minimum Gasteiger partial charge on any atom is -0.442 e. The van der Waals surface area contributed by atoms with E-state index in [0.717, 1.165) is 37.1 Å². The zero-order chi connectivity index (χ0) is 11.4. The first-order chi connectivity index (χ1) is 7.81. The Kier molecular flexibility index (Phi) is 3.74. The number of nitrogens with two attached hydrogens (primary N) is 1. The second-order valence-corrected chi connectivity index (χ2v) is 4.10. The minimum absolute atomic E-state index is 0.452. The fourth-order valence-electron chi connectivity index (χ4n) is 1.85. The summed E-state index contributed by atoms with van der Waals surface area (Å²) in [6.07, 6.45) is 7.82. The Bertz CT molecular complexity index is 371. The lowest BCUT2D eigenvalue weighted by Gasteiger charge is -2.05. The number of allylic oxidation sites excluding steroid dienone is 1. The van der Waals surface area contributed by atoms with Gasteiger partial charge in [-0.05, 0) is 38.3 Å². The fraction of sp³-hybridized carbons (Fsp3) is 0.583. The van der Waals surface area contributed by atoms with Crippen molar-refractivity contribution in [3.05, 3.63) is 23.4 Å². The number of aliphatic hydroxyl groups is 1. The summed E-state index contributed by atoms with van der Waals surface area (Å²) in [7, 11) is 0. The molecule has 16 heavy (non-hydrogen) atoms. The molecule has 1 atom stereocenters. The number of aryl methyl sites for hydroxylation is 1. The van der Waals surface area contributed by atoms with Crippen LogP contribution in [-0.2, 0) is 6.42 Å². The highest BCUT2D eigenvalue weighted by Gasteiger charge is 2.18. The molecule has 0 aromatic carbocycles. The van der Waals surface area contributed by atoms with Crippen molar-refractivity contribution in [2.45, 2.75) is 38.2 Å². The standard InChI is InChI=1S/C12H18N2O2/c13-8-4-3-6-10(15)12-14-9-5-1-2-7-11(9)16-12/h1,5,10,15H,2-4,6-8,13H2. The van der Waals surface area contributed by atoms with E-state index in [9.17, 15) is 5.11 Å².